The predicted molar refractivity (Wildman–Crippen MR) is 67.0 cm³/mol. The highest BCUT2D eigenvalue weighted by atomic mass is 19.1. The minimum absolute atomic E-state index is 0.0584. The third kappa shape index (κ3) is 2.64. The number of nitrogens with zero attached hydrogens (tertiary/aromatic N) is 2. The lowest BCUT2D eigenvalue weighted by atomic mass is 10.0. The molecule has 18 heavy (non-hydrogen) atoms. The first kappa shape index (κ1) is 12.5. The molecule has 0 radical (unpaired) electrons. The van der Waals surface area contributed by atoms with Gasteiger partial charge in [-0.1, -0.05) is 12.1 Å². The van der Waals surface area contributed by atoms with Crippen molar-refractivity contribution < 1.29 is 9.18 Å². The van der Waals surface area contributed by atoms with Gasteiger partial charge < -0.3 is 4.57 Å². The van der Waals surface area contributed by atoms with E-state index in [-0.39, 0.29) is 11.6 Å². The Labute approximate surface area is 105 Å². The molecule has 1 aromatic carbocycles. The summed E-state index contributed by atoms with van der Waals surface area (Å²) >= 11 is 0. The van der Waals surface area contributed by atoms with Crippen LogP contribution in [0, 0.1) is 12.7 Å². The fourth-order valence-corrected chi connectivity index (χ4v) is 1.77. The minimum atomic E-state index is -0.335. The van der Waals surface area contributed by atoms with Gasteiger partial charge in [-0.15, -0.1) is 0 Å². The van der Waals surface area contributed by atoms with Crippen LogP contribution in [0.2, 0.25) is 0 Å². The Hall–Kier alpha value is -1.97. The highest BCUT2D eigenvalue weighted by molar-refractivity contribution is 5.96. The predicted octanol–water partition coefficient (Wildman–Crippen LogP) is 2.68. The van der Waals surface area contributed by atoms with Gasteiger partial charge in [0, 0.05) is 37.8 Å². The number of rotatable bonds is 4. The standard InChI is InChI=1S/C14H15FN2O/c1-10-3-4-11(9-12(10)15)13(18)5-6-14-16-7-8-17(14)2/h3-4,7-9H,5-6H2,1-2H3. The Morgan fingerprint density at radius 3 is 2.83 bits per heavy atom. The van der Waals surface area contributed by atoms with E-state index in [0.29, 0.717) is 24.0 Å². The van der Waals surface area contributed by atoms with Crippen molar-refractivity contribution in [1.82, 2.24) is 9.55 Å². The Balaban J connectivity index is 2.04. The first-order valence-corrected chi connectivity index (χ1v) is 5.83. The van der Waals surface area contributed by atoms with Crippen LogP contribution in [0.25, 0.3) is 0 Å². The molecule has 0 aliphatic rings. The van der Waals surface area contributed by atoms with Gasteiger partial charge in [0.05, 0.1) is 0 Å². The molecule has 1 heterocycles. The first-order valence-electron chi connectivity index (χ1n) is 5.83. The third-order valence-electron chi connectivity index (χ3n) is 2.99. The summed E-state index contributed by atoms with van der Waals surface area (Å²) in [6.07, 6.45) is 4.45. The number of hydrogen-bond acceptors (Lipinski definition) is 2. The molecule has 94 valence electrons. The monoisotopic (exact) mass is 246 g/mol. The molecule has 0 saturated heterocycles. The van der Waals surface area contributed by atoms with Crippen LogP contribution in [-0.4, -0.2) is 15.3 Å². The van der Waals surface area contributed by atoms with Crippen molar-refractivity contribution in [3.8, 4) is 0 Å². The molecule has 0 spiro atoms. The molecule has 2 rings (SSSR count). The largest absolute Gasteiger partial charge is 0.338 e. The summed E-state index contributed by atoms with van der Waals surface area (Å²) in [7, 11) is 1.89. The lowest BCUT2D eigenvalue weighted by Crippen LogP contribution is -2.05. The summed E-state index contributed by atoms with van der Waals surface area (Å²) < 4.78 is 15.2. The molecular formula is C14H15FN2O. The average Bonchev–Trinajstić information content (AvgIpc) is 2.75. The number of aromatic nitrogens is 2. The van der Waals surface area contributed by atoms with Gasteiger partial charge in [-0.2, -0.15) is 0 Å². The Bertz CT molecular complexity index is 575. The van der Waals surface area contributed by atoms with E-state index in [4.69, 9.17) is 0 Å². The highest BCUT2D eigenvalue weighted by Gasteiger charge is 2.10. The van der Waals surface area contributed by atoms with E-state index in [1.54, 1.807) is 25.3 Å². The van der Waals surface area contributed by atoms with Crippen molar-refractivity contribution in [2.24, 2.45) is 7.05 Å². The quantitative estimate of drug-likeness (QED) is 0.777. The number of aryl methyl sites for hydroxylation is 3. The molecule has 0 N–H and O–H groups in total. The maximum Gasteiger partial charge on any atom is 0.163 e. The average molecular weight is 246 g/mol. The molecule has 2 aromatic rings. The van der Waals surface area contributed by atoms with Gasteiger partial charge in [-0.25, -0.2) is 9.37 Å². The number of carbonyl (C=O) groups is 1. The van der Waals surface area contributed by atoms with Gasteiger partial charge in [-0.3, -0.25) is 4.79 Å². The van der Waals surface area contributed by atoms with E-state index in [9.17, 15) is 9.18 Å². The van der Waals surface area contributed by atoms with Crippen molar-refractivity contribution in [2.75, 3.05) is 0 Å². The van der Waals surface area contributed by atoms with Crippen LogP contribution in [0.3, 0.4) is 0 Å². The summed E-state index contributed by atoms with van der Waals surface area (Å²) in [5.74, 6) is 0.464. The number of benzene rings is 1. The number of halogens is 1. The van der Waals surface area contributed by atoms with E-state index < -0.39 is 0 Å². The second kappa shape index (κ2) is 5.12. The molecule has 0 saturated carbocycles. The molecular weight excluding hydrogens is 231 g/mol. The second-order valence-corrected chi connectivity index (χ2v) is 4.34. The zero-order valence-corrected chi connectivity index (χ0v) is 10.5. The summed E-state index contributed by atoms with van der Waals surface area (Å²) in [6, 6.07) is 4.60. The summed E-state index contributed by atoms with van der Waals surface area (Å²) in [6.45, 7) is 1.68. The van der Waals surface area contributed by atoms with Gasteiger partial charge in [-0.05, 0) is 18.6 Å². The molecule has 0 bridgehead atoms. The molecule has 0 aliphatic carbocycles. The lowest BCUT2D eigenvalue weighted by Gasteiger charge is -2.03. The van der Waals surface area contributed by atoms with E-state index in [1.807, 2.05) is 17.8 Å². The first-order chi connectivity index (χ1) is 8.58. The molecule has 4 heteroatoms. The molecule has 0 atom stereocenters. The van der Waals surface area contributed by atoms with Crippen LogP contribution in [0.4, 0.5) is 4.39 Å². The zero-order chi connectivity index (χ0) is 13.1. The molecule has 1 aromatic heterocycles. The van der Waals surface area contributed by atoms with E-state index >= 15 is 0 Å². The summed E-state index contributed by atoms with van der Waals surface area (Å²) in [5.41, 5.74) is 0.975. The number of hydrogen-bond donors (Lipinski definition) is 0. The lowest BCUT2D eigenvalue weighted by molar-refractivity contribution is 0.0981. The SMILES string of the molecule is Cc1ccc(C(=O)CCc2nccn2C)cc1F. The van der Waals surface area contributed by atoms with Gasteiger partial charge in [0.15, 0.2) is 5.78 Å². The number of Topliss-reactive ketones (excluding diaryl/α,β-unsaturated/α-hetero) is 1. The number of ketones is 1. The maximum atomic E-state index is 13.3. The smallest absolute Gasteiger partial charge is 0.163 e. The second-order valence-electron chi connectivity index (χ2n) is 4.34. The third-order valence-corrected chi connectivity index (χ3v) is 2.99. The molecule has 0 amide bonds. The van der Waals surface area contributed by atoms with Gasteiger partial charge in [0.25, 0.3) is 0 Å². The van der Waals surface area contributed by atoms with Gasteiger partial charge >= 0.3 is 0 Å². The van der Waals surface area contributed by atoms with Crippen molar-refractivity contribution in [2.45, 2.75) is 19.8 Å². The normalized spacial score (nSPS) is 10.6. The van der Waals surface area contributed by atoms with Crippen molar-refractivity contribution in [3.05, 3.63) is 53.4 Å². The topological polar surface area (TPSA) is 34.9 Å². The molecule has 0 unspecified atom stereocenters. The van der Waals surface area contributed by atoms with E-state index in [2.05, 4.69) is 4.98 Å². The number of imidazole rings is 1. The van der Waals surface area contributed by atoms with E-state index in [0.717, 1.165) is 5.82 Å². The summed E-state index contributed by atoms with van der Waals surface area (Å²) in [5, 5.41) is 0. The van der Waals surface area contributed by atoms with Crippen LogP contribution >= 0.6 is 0 Å². The van der Waals surface area contributed by atoms with E-state index in [1.165, 1.54) is 6.07 Å². The Morgan fingerprint density at radius 2 is 2.22 bits per heavy atom. The zero-order valence-electron chi connectivity index (χ0n) is 10.5. The van der Waals surface area contributed by atoms with Gasteiger partial charge in [0.1, 0.15) is 11.6 Å². The Kier molecular flexibility index (Phi) is 3.55. The van der Waals surface area contributed by atoms with Crippen LogP contribution in [0.1, 0.15) is 28.2 Å². The fraction of sp³-hybridized carbons (Fsp3) is 0.286. The van der Waals surface area contributed by atoms with Crippen molar-refractivity contribution >= 4 is 5.78 Å². The van der Waals surface area contributed by atoms with Crippen LogP contribution in [0.5, 0.6) is 0 Å². The highest BCUT2D eigenvalue weighted by Crippen LogP contribution is 2.12. The van der Waals surface area contributed by atoms with Crippen LogP contribution in [0.15, 0.2) is 30.6 Å². The molecule has 0 aliphatic heterocycles. The van der Waals surface area contributed by atoms with Gasteiger partial charge in [0.2, 0.25) is 0 Å². The molecule has 3 nitrogen and oxygen atoms in total. The van der Waals surface area contributed by atoms with Crippen molar-refractivity contribution in [3.63, 3.8) is 0 Å². The maximum absolute atomic E-state index is 13.3. The Morgan fingerprint density at radius 1 is 1.44 bits per heavy atom. The minimum Gasteiger partial charge on any atom is -0.338 e. The number of carbonyl (C=O) groups excluding carboxylic acids is 1. The van der Waals surface area contributed by atoms with Crippen LogP contribution in [-0.2, 0) is 13.5 Å². The van der Waals surface area contributed by atoms with Crippen LogP contribution < -0.4 is 0 Å². The molecule has 0 fully saturated rings. The van der Waals surface area contributed by atoms with Crippen molar-refractivity contribution in [1.29, 1.82) is 0 Å². The summed E-state index contributed by atoms with van der Waals surface area (Å²) in [4.78, 5) is 16.1. The fourth-order valence-electron chi connectivity index (χ4n) is 1.77.